The van der Waals surface area contributed by atoms with Crippen LogP contribution in [0, 0.1) is 18.8 Å². The highest BCUT2D eigenvalue weighted by atomic mass is 16.6. The number of phenols is 1. The lowest BCUT2D eigenvalue weighted by atomic mass is 9.97. The van der Waals surface area contributed by atoms with Gasteiger partial charge in [0.1, 0.15) is 23.4 Å². The van der Waals surface area contributed by atoms with Gasteiger partial charge in [0.05, 0.1) is 13.0 Å². The van der Waals surface area contributed by atoms with E-state index in [1.807, 2.05) is 20.8 Å². The Kier molecular flexibility index (Phi) is 10.6. The molecular weight excluding hydrogens is 490 g/mol. The number of ether oxygens (including phenoxy) is 2. The van der Waals surface area contributed by atoms with Crippen LogP contribution in [0.3, 0.4) is 0 Å². The molecule has 1 aromatic carbocycles. The second-order valence-electron chi connectivity index (χ2n) is 11.2. The van der Waals surface area contributed by atoms with E-state index in [0.717, 1.165) is 0 Å². The Bertz CT molecular complexity index is 1020. The van der Waals surface area contributed by atoms with E-state index in [9.17, 15) is 24.3 Å². The van der Waals surface area contributed by atoms with Crippen LogP contribution in [-0.2, 0) is 23.9 Å². The second-order valence-corrected chi connectivity index (χ2v) is 11.2. The number of phenolic OH excluding ortho intramolecular Hbond substituents is 1. The highest BCUT2D eigenvalue weighted by Crippen LogP contribution is 2.41. The van der Waals surface area contributed by atoms with E-state index in [2.05, 4.69) is 10.6 Å². The number of alkyl carbamates (subject to hydrolysis) is 1. The summed E-state index contributed by atoms with van der Waals surface area (Å²) in [5, 5.41) is 15.6. The largest absolute Gasteiger partial charge is 0.508 e. The number of aryl methyl sites for hydroxylation is 1. The van der Waals surface area contributed by atoms with Crippen LogP contribution < -0.4 is 10.6 Å². The summed E-state index contributed by atoms with van der Waals surface area (Å²) < 4.78 is 10.3. The third-order valence-corrected chi connectivity index (χ3v) is 6.28. The lowest BCUT2D eigenvalue weighted by Crippen LogP contribution is -2.55. The van der Waals surface area contributed by atoms with Crippen molar-refractivity contribution in [1.29, 1.82) is 0 Å². The number of hydrogen-bond acceptors (Lipinski definition) is 7. The molecule has 38 heavy (non-hydrogen) atoms. The van der Waals surface area contributed by atoms with E-state index >= 15 is 0 Å². The van der Waals surface area contributed by atoms with Crippen molar-refractivity contribution in [3.8, 4) is 5.75 Å². The molecule has 3 N–H and O–H groups in total. The molecular formula is C28H43N3O7. The zero-order valence-corrected chi connectivity index (χ0v) is 23.8. The molecule has 4 atom stereocenters. The van der Waals surface area contributed by atoms with Gasteiger partial charge in [-0.3, -0.25) is 14.4 Å². The number of carbonyl (C=O) groups is 4. The highest BCUT2D eigenvalue weighted by Gasteiger charge is 2.48. The third kappa shape index (κ3) is 8.63. The molecule has 10 nitrogen and oxygen atoms in total. The van der Waals surface area contributed by atoms with Crippen molar-refractivity contribution in [2.24, 2.45) is 11.8 Å². The maximum atomic E-state index is 14.1. The summed E-state index contributed by atoms with van der Waals surface area (Å²) in [4.78, 5) is 53.7. The minimum Gasteiger partial charge on any atom is -0.508 e. The standard InChI is InChI=1S/C28H43N3O7/c1-9-37-22(33)12-13-29-25(34)24(19-10-11-21(32)18(5)14-19)31(20-15-17(20)4)26(35)23(16(2)3)30-27(36)38-28(6,7)8/h10-11,14,16-17,20,23-24,32H,9,12-13,15H2,1-8H3,(H,29,34)(H,30,36). The topological polar surface area (TPSA) is 134 Å². The van der Waals surface area contributed by atoms with Crippen LogP contribution in [0.5, 0.6) is 5.75 Å². The average Bonchev–Trinajstić information content (AvgIpc) is 3.51. The maximum Gasteiger partial charge on any atom is 0.408 e. The van der Waals surface area contributed by atoms with E-state index < -0.39 is 41.6 Å². The Balaban J connectivity index is 2.44. The van der Waals surface area contributed by atoms with Gasteiger partial charge in [0, 0.05) is 12.6 Å². The summed E-state index contributed by atoms with van der Waals surface area (Å²) in [6.07, 6.45) is -0.0276. The molecule has 3 amide bonds. The van der Waals surface area contributed by atoms with Gasteiger partial charge < -0.3 is 30.1 Å². The molecule has 212 valence electrons. The smallest absolute Gasteiger partial charge is 0.408 e. The van der Waals surface area contributed by atoms with Gasteiger partial charge in [-0.05, 0) is 76.1 Å². The zero-order chi connectivity index (χ0) is 28.8. The maximum absolute atomic E-state index is 14.1. The summed E-state index contributed by atoms with van der Waals surface area (Å²) in [7, 11) is 0. The Morgan fingerprint density at radius 2 is 1.82 bits per heavy atom. The molecule has 10 heteroatoms. The molecule has 0 bridgehead atoms. The summed E-state index contributed by atoms with van der Waals surface area (Å²) in [6, 6.07) is 2.56. The normalized spacial score (nSPS) is 18.2. The highest BCUT2D eigenvalue weighted by molar-refractivity contribution is 5.93. The first-order valence-electron chi connectivity index (χ1n) is 13.2. The third-order valence-electron chi connectivity index (χ3n) is 6.28. The first-order chi connectivity index (χ1) is 17.7. The van der Waals surface area contributed by atoms with Crippen molar-refractivity contribution < 1.29 is 33.8 Å². The number of amides is 3. The molecule has 2 rings (SSSR count). The van der Waals surface area contributed by atoms with Crippen LogP contribution >= 0.6 is 0 Å². The number of nitrogens with zero attached hydrogens (tertiary/aromatic N) is 1. The molecule has 0 heterocycles. The Morgan fingerprint density at radius 1 is 1.18 bits per heavy atom. The summed E-state index contributed by atoms with van der Waals surface area (Å²) >= 11 is 0. The van der Waals surface area contributed by atoms with Crippen molar-refractivity contribution in [3.63, 3.8) is 0 Å². The molecule has 0 saturated heterocycles. The lowest BCUT2D eigenvalue weighted by molar-refractivity contribution is -0.145. The van der Waals surface area contributed by atoms with Gasteiger partial charge in [0.15, 0.2) is 0 Å². The molecule has 1 aromatic rings. The molecule has 0 radical (unpaired) electrons. The number of carbonyl (C=O) groups excluding carboxylic acids is 4. The van der Waals surface area contributed by atoms with E-state index in [-0.39, 0.29) is 43.2 Å². The fourth-order valence-electron chi connectivity index (χ4n) is 4.19. The van der Waals surface area contributed by atoms with Gasteiger partial charge >= 0.3 is 12.1 Å². The predicted octanol–water partition coefficient (Wildman–Crippen LogP) is 3.60. The van der Waals surface area contributed by atoms with Crippen molar-refractivity contribution in [3.05, 3.63) is 29.3 Å². The molecule has 4 unspecified atom stereocenters. The number of nitrogens with one attached hydrogen (secondary N) is 2. The number of rotatable bonds is 11. The quantitative estimate of drug-likeness (QED) is 0.370. The van der Waals surface area contributed by atoms with E-state index in [0.29, 0.717) is 17.5 Å². The van der Waals surface area contributed by atoms with Crippen LogP contribution in [0.2, 0.25) is 0 Å². The molecule has 1 aliphatic rings. The summed E-state index contributed by atoms with van der Waals surface area (Å²) in [6.45, 7) is 14.5. The number of benzene rings is 1. The Hall–Kier alpha value is -3.30. The lowest BCUT2D eigenvalue weighted by Gasteiger charge is -2.36. The van der Waals surface area contributed by atoms with Crippen molar-refractivity contribution in [2.45, 2.75) is 92.0 Å². The van der Waals surface area contributed by atoms with Gasteiger partial charge in [-0.2, -0.15) is 0 Å². The van der Waals surface area contributed by atoms with Gasteiger partial charge in [0.25, 0.3) is 0 Å². The SMILES string of the molecule is CCOC(=O)CCNC(=O)C(c1ccc(O)c(C)c1)N(C(=O)C(NC(=O)OC(C)(C)C)C(C)C)C1CC1C. The second kappa shape index (κ2) is 13.0. The van der Waals surface area contributed by atoms with E-state index in [4.69, 9.17) is 9.47 Å². The van der Waals surface area contributed by atoms with E-state index in [1.165, 1.54) is 11.0 Å². The van der Waals surface area contributed by atoms with Crippen molar-refractivity contribution in [2.75, 3.05) is 13.2 Å². The zero-order valence-electron chi connectivity index (χ0n) is 23.8. The fourth-order valence-corrected chi connectivity index (χ4v) is 4.19. The average molecular weight is 534 g/mol. The number of esters is 1. The monoisotopic (exact) mass is 533 g/mol. The molecule has 1 aliphatic carbocycles. The molecule has 0 spiro atoms. The first-order valence-corrected chi connectivity index (χ1v) is 13.2. The predicted molar refractivity (Wildman–Crippen MR) is 142 cm³/mol. The van der Waals surface area contributed by atoms with Gasteiger partial charge in [-0.25, -0.2) is 4.79 Å². The Morgan fingerprint density at radius 3 is 2.32 bits per heavy atom. The molecule has 1 fully saturated rings. The summed E-state index contributed by atoms with van der Waals surface area (Å²) in [5.74, 6) is -1.38. The van der Waals surface area contributed by atoms with Crippen molar-refractivity contribution in [1.82, 2.24) is 15.5 Å². The molecule has 0 aliphatic heterocycles. The summed E-state index contributed by atoms with van der Waals surface area (Å²) in [5.41, 5.74) is 0.320. The number of hydrogen-bond donors (Lipinski definition) is 3. The van der Waals surface area contributed by atoms with Gasteiger partial charge in [0.2, 0.25) is 11.8 Å². The Labute approximate surface area is 225 Å². The fraction of sp³-hybridized carbons (Fsp3) is 0.643. The van der Waals surface area contributed by atoms with Crippen LogP contribution in [0.4, 0.5) is 4.79 Å². The van der Waals surface area contributed by atoms with E-state index in [1.54, 1.807) is 46.8 Å². The van der Waals surface area contributed by atoms with Gasteiger partial charge in [-0.15, -0.1) is 0 Å². The molecule has 1 saturated carbocycles. The minimum atomic E-state index is -1.04. The van der Waals surface area contributed by atoms with Crippen LogP contribution in [-0.4, -0.2) is 64.7 Å². The van der Waals surface area contributed by atoms with Crippen LogP contribution in [0.15, 0.2) is 18.2 Å². The molecule has 0 aromatic heterocycles. The first kappa shape index (κ1) is 30.9. The van der Waals surface area contributed by atoms with Gasteiger partial charge in [-0.1, -0.05) is 26.8 Å². The van der Waals surface area contributed by atoms with Crippen LogP contribution in [0.1, 0.15) is 78.5 Å². The van der Waals surface area contributed by atoms with Crippen molar-refractivity contribution >= 4 is 23.9 Å². The number of aromatic hydroxyl groups is 1. The van der Waals surface area contributed by atoms with Crippen LogP contribution in [0.25, 0.3) is 0 Å². The minimum absolute atomic E-state index is 0.0104.